The molecule has 0 bridgehead atoms. The molecule has 1 heterocycles. The van der Waals surface area contributed by atoms with Crippen molar-refractivity contribution in [3.63, 3.8) is 0 Å². The summed E-state index contributed by atoms with van der Waals surface area (Å²) in [6.45, 7) is 1.65. The van der Waals surface area contributed by atoms with Crippen LogP contribution in [0.4, 0.5) is 0 Å². The molecule has 0 aliphatic carbocycles. The van der Waals surface area contributed by atoms with E-state index in [1.54, 1.807) is 6.92 Å². The van der Waals surface area contributed by atoms with E-state index in [0.29, 0.717) is 5.75 Å². The van der Waals surface area contributed by atoms with Crippen LogP contribution < -0.4 is 0 Å². The van der Waals surface area contributed by atoms with Crippen molar-refractivity contribution in [2.45, 2.75) is 37.4 Å². The molecule has 0 aromatic rings. The SMILES string of the molecule is C[C@@H]1OC(CS)[C@H](O)C(O)[C@H]1O. The zero-order valence-corrected chi connectivity index (χ0v) is 7.69. The average molecular weight is 194 g/mol. The molecule has 1 saturated heterocycles. The van der Waals surface area contributed by atoms with Gasteiger partial charge in [0.2, 0.25) is 0 Å². The molecule has 1 aliphatic rings. The Bertz CT molecular complexity index is 150. The molecule has 4 nitrogen and oxygen atoms in total. The molecule has 0 radical (unpaired) electrons. The second-order valence-corrected chi connectivity index (χ2v) is 3.40. The largest absolute Gasteiger partial charge is 0.388 e. The maximum atomic E-state index is 9.34. The van der Waals surface area contributed by atoms with Crippen LogP contribution in [0.2, 0.25) is 0 Å². The Morgan fingerprint density at radius 1 is 1.17 bits per heavy atom. The topological polar surface area (TPSA) is 69.9 Å². The number of hydrogen-bond acceptors (Lipinski definition) is 5. The van der Waals surface area contributed by atoms with Gasteiger partial charge in [0.25, 0.3) is 0 Å². The summed E-state index contributed by atoms with van der Waals surface area (Å²) in [5.74, 6) is 0.329. The van der Waals surface area contributed by atoms with E-state index >= 15 is 0 Å². The Morgan fingerprint density at radius 2 is 1.75 bits per heavy atom. The van der Waals surface area contributed by atoms with Crippen molar-refractivity contribution in [3.05, 3.63) is 0 Å². The van der Waals surface area contributed by atoms with Crippen LogP contribution in [-0.2, 0) is 4.74 Å². The summed E-state index contributed by atoms with van der Waals surface area (Å²) in [5.41, 5.74) is 0. The van der Waals surface area contributed by atoms with Crippen molar-refractivity contribution in [1.29, 1.82) is 0 Å². The van der Waals surface area contributed by atoms with E-state index in [4.69, 9.17) is 4.74 Å². The van der Waals surface area contributed by atoms with Gasteiger partial charge in [-0.3, -0.25) is 0 Å². The first-order chi connectivity index (χ1) is 5.57. The summed E-state index contributed by atoms with van der Waals surface area (Å²) < 4.78 is 5.19. The highest BCUT2D eigenvalue weighted by molar-refractivity contribution is 7.80. The summed E-state index contributed by atoms with van der Waals surface area (Å²) in [6, 6.07) is 0. The van der Waals surface area contributed by atoms with Crippen molar-refractivity contribution in [2.24, 2.45) is 0 Å². The Balaban J connectivity index is 2.63. The summed E-state index contributed by atoms with van der Waals surface area (Å²) in [5, 5.41) is 27.9. The molecular weight excluding hydrogens is 180 g/mol. The second kappa shape index (κ2) is 3.93. The molecule has 1 rings (SSSR count). The lowest BCUT2D eigenvalue weighted by Crippen LogP contribution is -2.57. The third kappa shape index (κ3) is 1.75. The predicted molar refractivity (Wildman–Crippen MR) is 46.2 cm³/mol. The van der Waals surface area contributed by atoms with Crippen molar-refractivity contribution < 1.29 is 20.1 Å². The van der Waals surface area contributed by atoms with Crippen LogP contribution in [0, 0.1) is 0 Å². The van der Waals surface area contributed by atoms with Gasteiger partial charge in [0.1, 0.15) is 18.3 Å². The minimum Gasteiger partial charge on any atom is -0.388 e. The molecule has 0 aromatic carbocycles. The van der Waals surface area contributed by atoms with Crippen LogP contribution in [0.15, 0.2) is 0 Å². The van der Waals surface area contributed by atoms with Gasteiger partial charge in [-0.1, -0.05) is 0 Å². The number of aliphatic hydroxyl groups excluding tert-OH is 3. The first-order valence-corrected chi connectivity index (χ1v) is 4.51. The van der Waals surface area contributed by atoms with E-state index in [1.807, 2.05) is 0 Å². The fraction of sp³-hybridized carbons (Fsp3) is 1.00. The van der Waals surface area contributed by atoms with E-state index in [1.165, 1.54) is 0 Å². The summed E-state index contributed by atoms with van der Waals surface area (Å²) in [6.07, 6.45) is -4.15. The third-order valence-corrected chi connectivity index (χ3v) is 2.49. The van der Waals surface area contributed by atoms with Crippen LogP contribution >= 0.6 is 12.6 Å². The summed E-state index contributed by atoms with van der Waals surface area (Å²) in [4.78, 5) is 0. The van der Waals surface area contributed by atoms with Crippen LogP contribution in [0.5, 0.6) is 0 Å². The Kier molecular flexibility index (Phi) is 3.37. The Morgan fingerprint density at radius 3 is 2.25 bits per heavy atom. The molecule has 1 fully saturated rings. The van der Waals surface area contributed by atoms with Gasteiger partial charge in [0.15, 0.2) is 0 Å². The molecule has 0 spiro atoms. The second-order valence-electron chi connectivity index (χ2n) is 3.03. The van der Waals surface area contributed by atoms with E-state index in [9.17, 15) is 15.3 Å². The number of ether oxygens (including phenoxy) is 1. The normalized spacial score (nSPS) is 49.2. The fourth-order valence-corrected chi connectivity index (χ4v) is 1.59. The molecular formula is C7H14O4S. The molecule has 12 heavy (non-hydrogen) atoms. The third-order valence-electron chi connectivity index (χ3n) is 2.13. The molecule has 5 atom stereocenters. The number of rotatable bonds is 1. The molecule has 0 saturated carbocycles. The minimum atomic E-state index is -1.13. The molecule has 3 N–H and O–H groups in total. The number of hydrogen-bond donors (Lipinski definition) is 4. The fourth-order valence-electron chi connectivity index (χ4n) is 1.29. The lowest BCUT2D eigenvalue weighted by atomic mass is 9.97. The standard InChI is InChI=1S/C7H14O4S/c1-3-5(8)7(10)6(9)4(2-12)11-3/h3-10,12H,2H2,1H3/t3-,4?,5-,6-,7?/m0/s1. The molecule has 0 aromatic heterocycles. The minimum absolute atomic E-state index is 0.329. The number of thiol groups is 1. The maximum Gasteiger partial charge on any atom is 0.111 e. The van der Waals surface area contributed by atoms with Crippen molar-refractivity contribution >= 4 is 12.6 Å². The highest BCUT2D eigenvalue weighted by Crippen LogP contribution is 2.21. The van der Waals surface area contributed by atoms with Gasteiger partial charge in [0, 0.05) is 5.75 Å². The zero-order chi connectivity index (χ0) is 9.30. The first kappa shape index (κ1) is 10.3. The lowest BCUT2D eigenvalue weighted by Gasteiger charge is -2.38. The van der Waals surface area contributed by atoms with E-state index in [2.05, 4.69) is 12.6 Å². The van der Waals surface area contributed by atoms with Gasteiger partial charge in [-0.25, -0.2) is 0 Å². The maximum absolute atomic E-state index is 9.34. The van der Waals surface area contributed by atoms with Crippen LogP contribution in [0.25, 0.3) is 0 Å². The van der Waals surface area contributed by atoms with E-state index in [-0.39, 0.29) is 0 Å². The first-order valence-electron chi connectivity index (χ1n) is 3.88. The highest BCUT2D eigenvalue weighted by Gasteiger charge is 2.40. The van der Waals surface area contributed by atoms with Crippen molar-refractivity contribution in [3.8, 4) is 0 Å². The Labute approximate surface area is 76.6 Å². The van der Waals surface area contributed by atoms with E-state index < -0.39 is 30.5 Å². The molecule has 0 amide bonds. The quantitative estimate of drug-likeness (QED) is 0.395. The van der Waals surface area contributed by atoms with Gasteiger partial charge >= 0.3 is 0 Å². The monoisotopic (exact) mass is 194 g/mol. The molecule has 2 unspecified atom stereocenters. The average Bonchev–Trinajstić information content (AvgIpc) is 2.08. The van der Waals surface area contributed by atoms with Crippen LogP contribution in [0.1, 0.15) is 6.92 Å². The van der Waals surface area contributed by atoms with Crippen molar-refractivity contribution in [1.82, 2.24) is 0 Å². The van der Waals surface area contributed by atoms with Gasteiger partial charge in [-0.15, -0.1) is 0 Å². The molecule has 1 aliphatic heterocycles. The van der Waals surface area contributed by atoms with Crippen LogP contribution in [-0.4, -0.2) is 51.6 Å². The van der Waals surface area contributed by atoms with Gasteiger partial charge in [-0.05, 0) is 6.92 Å². The van der Waals surface area contributed by atoms with Gasteiger partial charge < -0.3 is 20.1 Å². The predicted octanol–water partition coefficient (Wildman–Crippen LogP) is -1.21. The molecule has 72 valence electrons. The lowest BCUT2D eigenvalue weighted by molar-refractivity contribution is -0.210. The highest BCUT2D eigenvalue weighted by atomic mass is 32.1. The molecule has 5 heteroatoms. The Hall–Kier alpha value is 0.190. The zero-order valence-electron chi connectivity index (χ0n) is 6.79. The van der Waals surface area contributed by atoms with Gasteiger partial charge in [-0.2, -0.15) is 12.6 Å². The smallest absolute Gasteiger partial charge is 0.111 e. The van der Waals surface area contributed by atoms with Crippen molar-refractivity contribution in [2.75, 3.05) is 5.75 Å². The summed E-state index contributed by atoms with van der Waals surface area (Å²) >= 11 is 3.96. The summed E-state index contributed by atoms with van der Waals surface area (Å²) in [7, 11) is 0. The van der Waals surface area contributed by atoms with Crippen LogP contribution in [0.3, 0.4) is 0 Å². The van der Waals surface area contributed by atoms with Gasteiger partial charge in [0.05, 0.1) is 12.2 Å². The number of aliphatic hydroxyl groups is 3. The van der Waals surface area contributed by atoms with E-state index in [0.717, 1.165) is 0 Å².